The van der Waals surface area contributed by atoms with E-state index in [1.807, 2.05) is 0 Å². The minimum absolute atomic E-state index is 0.781. The maximum absolute atomic E-state index is 2.44. The average molecular weight is 182 g/mol. The summed E-state index contributed by atoms with van der Waals surface area (Å²) >= 11 is 0. The maximum atomic E-state index is 2.44. The topological polar surface area (TPSA) is 0 Å². The minimum atomic E-state index is 0.781. The van der Waals surface area contributed by atoms with Crippen LogP contribution >= 0.6 is 0 Å². The van der Waals surface area contributed by atoms with Gasteiger partial charge in [0.1, 0.15) is 0 Å². The highest BCUT2D eigenvalue weighted by molar-refractivity contribution is 4.99. The van der Waals surface area contributed by atoms with Gasteiger partial charge in [-0.1, -0.05) is 47.0 Å². The molecule has 13 heavy (non-hydrogen) atoms. The molecule has 0 heterocycles. The molecule has 0 radical (unpaired) electrons. The molecule has 0 aromatic carbocycles. The van der Waals surface area contributed by atoms with Crippen LogP contribution in [-0.4, -0.2) is 0 Å². The molecule has 3 unspecified atom stereocenters. The molecule has 0 aliphatic heterocycles. The Morgan fingerprint density at radius 1 is 1.31 bits per heavy atom. The van der Waals surface area contributed by atoms with Gasteiger partial charge in [-0.15, -0.1) is 0 Å². The third-order valence-corrected chi connectivity index (χ3v) is 3.88. The van der Waals surface area contributed by atoms with Gasteiger partial charge in [0.05, 0.1) is 0 Å². The zero-order valence-corrected chi connectivity index (χ0v) is 9.90. The average Bonchev–Trinajstić information content (AvgIpc) is 2.61. The highest BCUT2D eigenvalue weighted by atomic mass is 14.5. The molecule has 1 rings (SSSR count). The van der Waals surface area contributed by atoms with E-state index in [1.165, 1.54) is 38.5 Å². The Hall–Kier alpha value is 0. The zero-order valence-electron chi connectivity index (χ0n) is 9.90. The van der Waals surface area contributed by atoms with E-state index in [0.29, 0.717) is 0 Å². The molecular weight excluding hydrogens is 156 g/mol. The first-order chi connectivity index (χ1) is 6.14. The molecule has 1 fully saturated rings. The zero-order chi connectivity index (χ0) is 9.90. The molecule has 0 heteroatoms. The molecule has 3 atom stereocenters. The van der Waals surface area contributed by atoms with Crippen molar-refractivity contribution in [3.63, 3.8) is 0 Å². The van der Waals surface area contributed by atoms with Crippen molar-refractivity contribution in [2.75, 3.05) is 0 Å². The highest BCUT2D eigenvalue weighted by Crippen LogP contribution is 2.59. The van der Waals surface area contributed by atoms with Crippen LogP contribution in [-0.2, 0) is 0 Å². The van der Waals surface area contributed by atoms with E-state index in [1.54, 1.807) is 0 Å². The van der Waals surface area contributed by atoms with Crippen molar-refractivity contribution < 1.29 is 0 Å². The lowest BCUT2D eigenvalue weighted by Crippen LogP contribution is -2.09. The van der Waals surface area contributed by atoms with Crippen molar-refractivity contribution in [3.05, 3.63) is 0 Å². The van der Waals surface area contributed by atoms with Crippen LogP contribution in [0.3, 0.4) is 0 Å². The van der Waals surface area contributed by atoms with Crippen LogP contribution in [0.2, 0.25) is 0 Å². The van der Waals surface area contributed by atoms with Crippen molar-refractivity contribution >= 4 is 0 Å². The van der Waals surface area contributed by atoms with Gasteiger partial charge < -0.3 is 0 Å². The van der Waals surface area contributed by atoms with Gasteiger partial charge in [-0.25, -0.2) is 0 Å². The molecule has 0 N–H and O–H groups in total. The largest absolute Gasteiger partial charge is 0.0654 e. The number of hydrogen-bond acceptors (Lipinski definition) is 0. The first kappa shape index (κ1) is 11.1. The fraction of sp³-hybridized carbons (Fsp3) is 1.00. The lowest BCUT2D eigenvalue weighted by molar-refractivity contribution is 0.311. The predicted octanol–water partition coefficient (Wildman–Crippen LogP) is 4.64. The summed E-state index contributed by atoms with van der Waals surface area (Å²) in [5, 5.41) is 0. The van der Waals surface area contributed by atoms with Gasteiger partial charge >= 0.3 is 0 Å². The van der Waals surface area contributed by atoms with Gasteiger partial charge in [0.15, 0.2) is 0 Å². The van der Waals surface area contributed by atoms with E-state index < -0.39 is 0 Å². The van der Waals surface area contributed by atoms with Crippen molar-refractivity contribution in [1.82, 2.24) is 0 Å². The smallest absolute Gasteiger partial charge is 0.0266 e. The van der Waals surface area contributed by atoms with Crippen LogP contribution in [0.4, 0.5) is 0 Å². The SMILES string of the molecule is CCCC(C)CC1(CCC)CC1C. The van der Waals surface area contributed by atoms with E-state index in [0.717, 1.165) is 17.3 Å². The molecule has 1 aliphatic rings. The van der Waals surface area contributed by atoms with Crippen LogP contribution in [0, 0.1) is 17.3 Å². The predicted molar refractivity (Wildman–Crippen MR) is 59.8 cm³/mol. The van der Waals surface area contributed by atoms with Crippen LogP contribution in [0.15, 0.2) is 0 Å². The van der Waals surface area contributed by atoms with Crippen molar-refractivity contribution in [1.29, 1.82) is 0 Å². The lowest BCUT2D eigenvalue weighted by atomic mass is 9.85. The number of hydrogen-bond donors (Lipinski definition) is 0. The standard InChI is InChI=1S/C13H26/c1-5-7-11(3)9-13(8-6-2)10-12(13)4/h11-12H,5-10H2,1-4H3. The molecule has 0 saturated heterocycles. The van der Waals surface area contributed by atoms with Crippen molar-refractivity contribution in [3.8, 4) is 0 Å². The Kier molecular flexibility index (Phi) is 3.82. The summed E-state index contributed by atoms with van der Waals surface area (Å²) in [7, 11) is 0. The summed E-state index contributed by atoms with van der Waals surface area (Å²) in [6.07, 6.45) is 8.64. The van der Waals surface area contributed by atoms with Gasteiger partial charge in [0, 0.05) is 0 Å². The van der Waals surface area contributed by atoms with E-state index in [-0.39, 0.29) is 0 Å². The summed E-state index contributed by atoms with van der Waals surface area (Å²) in [6.45, 7) is 9.51. The van der Waals surface area contributed by atoms with E-state index in [9.17, 15) is 0 Å². The Bertz CT molecular complexity index is 150. The van der Waals surface area contributed by atoms with E-state index >= 15 is 0 Å². The van der Waals surface area contributed by atoms with E-state index in [4.69, 9.17) is 0 Å². The second kappa shape index (κ2) is 4.48. The fourth-order valence-corrected chi connectivity index (χ4v) is 3.07. The molecular formula is C13H26. The summed E-state index contributed by atoms with van der Waals surface area (Å²) in [4.78, 5) is 0. The van der Waals surface area contributed by atoms with Crippen LogP contribution < -0.4 is 0 Å². The van der Waals surface area contributed by atoms with Crippen LogP contribution in [0.1, 0.15) is 66.2 Å². The number of rotatable bonds is 6. The normalized spacial score (nSPS) is 34.6. The van der Waals surface area contributed by atoms with Gasteiger partial charge in [0.25, 0.3) is 0 Å². The van der Waals surface area contributed by atoms with Crippen LogP contribution in [0.25, 0.3) is 0 Å². The van der Waals surface area contributed by atoms with Crippen molar-refractivity contribution in [2.45, 2.75) is 66.2 Å². The van der Waals surface area contributed by atoms with Gasteiger partial charge in [0.2, 0.25) is 0 Å². The fourth-order valence-electron chi connectivity index (χ4n) is 3.07. The monoisotopic (exact) mass is 182 g/mol. The Labute approximate surface area is 84.1 Å². The second-order valence-electron chi connectivity index (χ2n) is 5.32. The molecule has 0 nitrogen and oxygen atoms in total. The molecule has 78 valence electrons. The molecule has 1 saturated carbocycles. The Morgan fingerprint density at radius 3 is 2.31 bits per heavy atom. The molecule has 0 aromatic heterocycles. The maximum Gasteiger partial charge on any atom is -0.0266 e. The van der Waals surface area contributed by atoms with Crippen molar-refractivity contribution in [2.24, 2.45) is 17.3 Å². The molecule has 1 aliphatic carbocycles. The van der Waals surface area contributed by atoms with Gasteiger partial charge in [-0.05, 0) is 36.5 Å². The minimum Gasteiger partial charge on any atom is -0.0654 e. The van der Waals surface area contributed by atoms with E-state index in [2.05, 4.69) is 27.7 Å². The quantitative estimate of drug-likeness (QED) is 0.561. The first-order valence-corrected chi connectivity index (χ1v) is 6.14. The second-order valence-corrected chi connectivity index (χ2v) is 5.32. The van der Waals surface area contributed by atoms with Gasteiger partial charge in [-0.3, -0.25) is 0 Å². The first-order valence-electron chi connectivity index (χ1n) is 6.14. The summed E-state index contributed by atoms with van der Waals surface area (Å²) in [5.74, 6) is 1.98. The lowest BCUT2D eigenvalue weighted by Gasteiger charge is -2.20. The Morgan fingerprint density at radius 2 is 1.92 bits per heavy atom. The molecule has 0 amide bonds. The highest BCUT2D eigenvalue weighted by Gasteiger charge is 2.49. The van der Waals surface area contributed by atoms with Crippen LogP contribution in [0.5, 0.6) is 0 Å². The summed E-state index contributed by atoms with van der Waals surface area (Å²) < 4.78 is 0. The van der Waals surface area contributed by atoms with Gasteiger partial charge in [-0.2, -0.15) is 0 Å². The third kappa shape index (κ3) is 2.72. The molecule has 0 spiro atoms. The summed E-state index contributed by atoms with van der Waals surface area (Å²) in [5.41, 5.74) is 0.781. The Balaban J connectivity index is 2.32. The third-order valence-electron chi connectivity index (χ3n) is 3.88. The molecule has 0 aromatic rings. The summed E-state index contributed by atoms with van der Waals surface area (Å²) in [6, 6.07) is 0. The molecule has 0 bridgehead atoms.